The van der Waals surface area contributed by atoms with Gasteiger partial charge in [-0.05, 0) is 23.6 Å². The average Bonchev–Trinajstić information content (AvgIpc) is 3.24. The maximum atomic E-state index is 12.1. The van der Waals surface area contributed by atoms with Gasteiger partial charge in [0.25, 0.3) is 5.91 Å². The first-order valence-electron chi connectivity index (χ1n) is 12.0. The molecule has 6 heteroatoms. The van der Waals surface area contributed by atoms with Gasteiger partial charge in [-0.25, -0.2) is 0 Å². The van der Waals surface area contributed by atoms with Gasteiger partial charge >= 0.3 is 0 Å². The van der Waals surface area contributed by atoms with Crippen molar-refractivity contribution in [2.45, 2.75) is 43.7 Å². The number of ether oxygens (including phenoxy) is 3. The van der Waals surface area contributed by atoms with Gasteiger partial charge in [-0.2, -0.15) is 0 Å². The fourth-order valence-electron chi connectivity index (χ4n) is 5.31. The van der Waals surface area contributed by atoms with E-state index in [4.69, 9.17) is 14.2 Å². The summed E-state index contributed by atoms with van der Waals surface area (Å²) in [6.45, 7) is 2.12. The minimum absolute atomic E-state index is 0.114. The average molecular weight is 469 g/mol. The summed E-state index contributed by atoms with van der Waals surface area (Å²) < 4.78 is 19.6. The van der Waals surface area contributed by atoms with Crippen molar-refractivity contribution in [3.8, 4) is 0 Å². The Labute approximate surface area is 205 Å². The van der Waals surface area contributed by atoms with Crippen molar-refractivity contribution >= 4 is 5.91 Å². The molecule has 2 fully saturated rings. The second kappa shape index (κ2) is 8.96. The molecule has 2 bridgehead atoms. The van der Waals surface area contributed by atoms with Crippen LogP contribution < -0.4 is 5.32 Å². The summed E-state index contributed by atoms with van der Waals surface area (Å²) in [6, 6.07) is 30.9. The van der Waals surface area contributed by atoms with Crippen molar-refractivity contribution in [2.24, 2.45) is 0 Å². The Hall–Kier alpha value is -3.45. The lowest BCUT2D eigenvalue weighted by Gasteiger charge is -2.41. The van der Waals surface area contributed by atoms with Crippen LogP contribution in [0.15, 0.2) is 103 Å². The fourth-order valence-corrected chi connectivity index (χ4v) is 5.31. The highest BCUT2D eigenvalue weighted by Crippen LogP contribution is 2.42. The molecule has 3 aromatic rings. The highest BCUT2D eigenvalue weighted by Gasteiger charge is 2.49. The van der Waals surface area contributed by atoms with Crippen LogP contribution in [0.2, 0.25) is 0 Å². The van der Waals surface area contributed by atoms with Crippen molar-refractivity contribution in [1.82, 2.24) is 10.2 Å². The Morgan fingerprint density at radius 2 is 1.43 bits per heavy atom. The molecule has 3 aliphatic rings. The number of rotatable bonds is 6. The van der Waals surface area contributed by atoms with Crippen molar-refractivity contribution in [3.63, 3.8) is 0 Å². The van der Waals surface area contributed by atoms with Crippen molar-refractivity contribution in [2.75, 3.05) is 6.61 Å². The molecule has 3 aliphatic heterocycles. The highest BCUT2D eigenvalue weighted by molar-refractivity contribution is 5.93. The SMILES string of the molecule is CC1=CN2[C@@H]3C[C@H](O[C@@H]2NC1=O)[C@H](COC(c1ccccc1)(c1ccccc1)c1ccccc1)O3. The number of nitrogens with one attached hydrogen (secondary N) is 1. The summed E-state index contributed by atoms with van der Waals surface area (Å²) in [7, 11) is 0. The number of amides is 1. The predicted molar refractivity (Wildman–Crippen MR) is 131 cm³/mol. The van der Waals surface area contributed by atoms with Crippen LogP contribution >= 0.6 is 0 Å². The Morgan fingerprint density at radius 1 is 0.886 bits per heavy atom. The smallest absolute Gasteiger partial charge is 0.251 e. The van der Waals surface area contributed by atoms with Crippen LogP contribution in [0.5, 0.6) is 0 Å². The molecule has 6 rings (SSSR count). The number of hydrogen-bond donors (Lipinski definition) is 1. The molecule has 4 atom stereocenters. The molecule has 0 aliphatic carbocycles. The largest absolute Gasteiger partial charge is 0.358 e. The molecule has 0 aromatic heterocycles. The van der Waals surface area contributed by atoms with E-state index in [2.05, 4.69) is 41.7 Å². The van der Waals surface area contributed by atoms with E-state index in [9.17, 15) is 4.79 Å². The fraction of sp³-hybridized carbons (Fsp3) is 0.276. The zero-order valence-electron chi connectivity index (χ0n) is 19.5. The maximum Gasteiger partial charge on any atom is 0.251 e. The quantitative estimate of drug-likeness (QED) is 0.552. The van der Waals surface area contributed by atoms with Gasteiger partial charge in [-0.1, -0.05) is 91.0 Å². The van der Waals surface area contributed by atoms with E-state index >= 15 is 0 Å². The summed E-state index contributed by atoms with van der Waals surface area (Å²) in [4.78, 5) is 14.1. The summed E-state index contributed by atoms with van der Waals surface area (Å²) in [5, 5.41) is 2.92. The van der Waals surface area contributed by atoms with E-state index in [0.29, 0.717) is 12.2 Å². The number of carbonyl (C=O) groups is 1. The third kappa shape index (κ3) is 3.84. The molecule has 1 N–H and O–H groups in total. The highest BCUT2D eigenvalue weighted by atomic mass is 16.6. The molecule has 2 saturated heterocycles. The summed E-state index contributed by atoms with van der Waals surface area (Å²) >= 11 is 0. The van der Waals surface area contributed by atoms with Gasteiger partial charge in [0.15, 0.2) is 0 Å². The number of fused-ring (bicyclic) bond motifs is 4. The van der Waals surface area contributed by atoms with Crippen LogP contribution in [-0.4, -0.2) is 42.2 Å². The number of nitrogens with zero attached hydrogens (tertiary/aromatic N) is 1. The lowest BCUT2D eigenvalue weighted by molar-refractivity contribution is -0.163. The van der Waals surface area contributed by atoms with E-state index in [0.717, 1.165) is 23.1 Å². The van der Waals surface area contributed by atoms with Crippen molar-refractivity contribution in [3.05, 3.63) is 119 Å². The van der Waals surface area contributed by atoms with Crippen molar-refractivity contribution in [1.29, 1.82) is 0 Å². The van der Waals surface area contributed by atoms with Gasteiger partial charge in [0.1, 0.15) is 17.9 Å². The van der Waals surface area contributed by atoms with Crippen LogP contribution in [0.3, 0.4) is 0 Å². The zero-order valence-corrected chi connectivity index (χ0v) is 19.5. The molecule has 0 saturated carbocycles. The molecular formula is C29H28N2O4. The van der Waals surface area contributed by atoms with E-state index in [1.54, 1.807) is 6.92 Å². The molecule has 178 valence electrons. The lowest BCUT2D eigenvalue weighted by Crippen LogP contribution is -2.58. The molecule has 3 heterocycles. The third-order valence-corrected chi connectivity index (χ3v) is 7.05. The van der Waals surface area contributed by atoms with E-state index in [1.165, 1.54) is 0 Å². The first-order valence-corrected chi connectivity index (χ1v) is 12.0. The molecule has 0 spiro atoms. The lowest BCUT2D eigenvalue weighted by atomic mass is 9.80. The molecule has 3 aromatic carbocycles. The Kier molecular flexibility index (Phi) is 5.65. The van der Waals surface area contributed by atoms with Crippen LogP contribution in [0.4, 0.5) is 0 Å². The van der Waals surface area contributed by atoms with E-state index in [1.807, 2.05) is 65.7 Å². The summed E-state index contributed by atoms with van der Waals surface area (Å²) in [5.41, 5.74) is 2.96. The normalized spacial score (nSPS) is 25.6. The molecule has 0 unspecified atom stereocenters. The van der Waals surface area contributed by atoms with Crippen molar-refractivity contribution < 1.29 is 19.0 Å². The van der Waals surface area contributed by atoms with Crippen LogP contribution in [0.1, 0.15) is 30.0 Å². The predicted octanol–water partition coefficient (Wildman–Crippen LogP) is 4.13. The molecule has 35 heavy (non-hydrogen) atoms. The first-order chi connectivity index (χ1) is 17.1. The number of benzene rings is 3. The molecule has 0 radical (unpaired) electrons. The standard InChI is InChI=1S/C29H28N2O4/c1-20-18-31-26-17-24(35-28(31)30-27(20)32)25(34-26)19-33-29(21-11-5-2-6-12-21,22-13-7-3-8-14-22)23-15-9-4-10-16-23/h2-16,18,24-26,28H,17,19H2,1H3,(H,30,32)/t24-,25-,26-,28+/m0/s1. The topological polar surface area (TPSA) is 60.0 Å². The second-order valence-corrected chi connectivity index (χ2v) is 9.21. The Bertz CT molecular complexity index is 1120. The van der Waals surface area contributed by atoms with Gasteiger partial charge in [0, 0.05) is 18.2 Å². The minimum atomic E-state index is -0.818. The molecule has 6 nitrogen and oxygen atoms in total. The third-order valence-electron chi connectivity index (χ3n) is 7.05. The number of carbonyl (C=O) groups excluding carboxylic acids is 1. The summed E-state index contributed by atoms with van der Waals surface area (Å²) in [6.07, 6.45) is 1.43. The monoisotopic (exact) mass is 468 g/mol. The maximum absolute atomic E-state index is 12.1. The van der Waals surface area contributed by atoms with Crippen LogP contribution in [0, 0.1) is 0 Å². The molecule has 1 amide bonds. The van der Waals surface area contributed by atoms with Crippen LogP contribution in [0.25, 0.3) is 0 Å². The first kappa shape index (κ1) is 22.0. The van der Waals surface area contributed by atoms with E-state index in [-0.39, 0.29) is 24.3 Å². The second-order valence-electron chi connectivity index (χ2n) is 9.21. The molecular weight excluding hydrogens is 440 g/mol. The van der Waals surface area contributed by atoms with Crippen LogP contribution in [-0.2, 0) is 24.6 Å². The van der Waals surface area contributed by atoms with Gasteiger partial charge in [-0.3, -0.25) is 4.79 Å². The Morgan fingerprint density at radius 3 is 1.97 bits per heavy atom. The number of hydrogen-bond acceptors (Lipinski definition) is 5. The van der Waals surface area contributed by atoms with Gasteiger partial charge < -0.3 is 24.4 Å². The van der Waals surface area contributed by atoms with Gasteiger partial charge in [-0.15, -0.1) is 0 Å². The Balaban J connectivity index is 1.34. The van der Waals surface area contributed by atoms with Gasteiger partial charge in [0.2, 0.25) is 6.35 Å². The van der Waals surface area contributed by atoms with Gasteiger partial charge in [0.05, 0.1) is 12.7 Å². The van der Waals surface area contributed by atoms with E-state index < -0.39 is 12.0 Å². The summed E-state index contributed by atoms with van der Waals surface area (Å²) in [5.74, 6) is -0.114. The zero-order chi connectivity index (χ0) is 23.8. The minimum Gasteiger partial charge on any atom is -0.358 e.